The van der Waals surface area contributed by atoms with Crippen LogP contribution in [0, 0.1) is 11.8 Å². The van der Waals surface area contributed by atoms with Crippen molar-refractivity contribution in [2.45, 2.75) is 83.6 Å². The van der Waals surface area contributed by atoms with Crippen LogP contribution in [0.25, 0.3) is 0 Å². The molecule has 3 aliphatic rings. The average molecular weight is 382 g/mol. The molecular weight excluding hydrogens is 346 g/mol. The summed E-state index contributed by atoms with van der Waals surface area (Å²) >= 11 is 0. The Bertz CT molecular complexity index is 723. The Balaban J connectivity index is 1.67. The third kappa shape index (κ3) is 3.84. The van der Waals surface area contributed by atoms with Gasteiger partial charge < -0.3 is 4.74 Å². The molecule has 1 saturated carbocycles. The lowest BCUT2D eigenvalue weighted by atomic mass is 9.69. The molecular formula is C25H35NO2. The fourth-order valence-corrected chi connectivity index (χ4v) is 5.54. The van der Waals surface area contributed by atoms with Crippen molar-refractivity contribution in [1.29, 1.82) is 0 Å². The van der Waals surface area contributed by atoms with Crippen LogP contribution < -0.4 is 0 Å². The fraction of sp³-hybridized carbons (Fsp3) is 0.640. The van der Waals surface area contributed by atoms with E-state index >= 15 is 0 Å². The van der Waals surface area contributed by atoms with Gasteiger partial charge in [-0.1, -0.05) is 55.3 Å². The first kappa shape index (κ1) is 19.8. The summed E-state index contributed by atoms with van der Waals surface area (Å²) in [5, 5.41) is 0. The predicted molar refractivity (Wildman–Crippen MR) is 113 cm³/mol. The van der Waals surface area contributed by atoms with E-state index in [9.17, 15) is 4.79 Å². The van der Waals surface area contributed by atoms with Gasteiger partial charge in [0.1, 0.15) is 0 Å². The van der Waals surface area contributed by atoms with Gasteiger partial charge in [-0.25, -0.2) is 0 Å². The lowest BCUT2D eigenvalue weighted by Crippen LogP contribution is -2.66. The lowest BCUT2D eigenvalue weighted by Gasteiger charge is -2.57. The van der Waals surface area contributed by atoms with Crippen molar-refractivity contribution < 1.29 is 9.53 Å². The number of rotatable bonds is 4. The Morgan fingerprint density at radius 3 is 2.68 bits per heavy atom. The van der Waals surface area contributed by atoms with Gasteiger partial charge in [0.25, 0.3) is 0 Å². The average Bonchev–Trinajstić information content (AvgIpc) is 2.70. The molecule has 0 amide bonds. The molecule has 4 rings (SSSR count). The van der Waals surface area contributed by atoms with E-state index in [4.69, 9.17) is 4.74 Å². The van der Waals surface area contributed by atoms with Crippen molar-refractivity contribution in [2.75, 3.05) is 6.54 Å². The van der Waals surface area contributed by atoms with Crippen LogP contribution in [0.2, 0.25) is 0 Å². The van der Waals surface area contributed by atoms with Crippen LogP contribution in [0.15, 0.2) is 42.0 Å². The third-order valence-corrected chi connectivity index (χ3v) is 7.33. The van der Waals surface area contributed by atoms with Gasteiger partial charge in [-0.3, -0.25) is 9.69 Å². The van der Waals surface area contributed by atoms with Gasteiger partial charge in [0.2, 0.25) is 5.78 Å². The van der Waals surface area contributed by atoms with Gasteiger partial charge in [0.05, 0.1) is 6.10 Å². The van der Waals surface area contributed by atoms with E-state index in [1.54, 1.807) is 0 Å². The Kier molecular flexibility index (Phi) is 5.76. The zero-order chi connectivity index (χ0) is 19.7. The minimum Gasteiger partial charge on any atom is -0.352 e. The SMILES string of the molecule is C[C@@H]1CC[C@@H]2[C@@H](C1)O[C@@H](C(=O)c1ccccc1)N(CC1=CCCCC1)C2(C)C. The molecule has 0 N–H and O–H groups in total. The minimum atomic E-state index is -0.480. The highest BCUT2D eigenvalue weighted by Gasteiger charge is 2.52. The monoisotopic (exact) mass is 381 g/mol. The van der Waals surface area contributed by atoms with Gasteiger partial charge in [-0.05, 0) is 58.3 Å². The molecule has 3 nitrogen and oxygen atoms in total. The topological polar surface area (TPSA) is 29.5 Å². The maximum absolute atomic E-state index is 13.5. The first-order valence-electron chi connectivity index (χ1n) is 11.2. The maximum Gasteiger partial charge on any atom is 0.206 e. The number of carbonyl (C=O) groups excluding carboxylic acids is 1. The minimum absolute atomic E-state index is 0.0452. The molecule has 0 spiro atoms. The maximum atomic E-state index is 13.5. The summed E-state index contributed by atoms with van der Waals surface area (Å²) in [6, 6.07) is 9.70. The quantitative estimate of drug-likeness (QED) is 0.501. The van der Waals surface area contributed by atoms with E-state index in [1.165, 1.54) is 37.7 Å². The molecule has 152 valence electrons. The van der Waals surface area contributed by atoms with Crippen molar-refractivity contribution in [3.63, 3.8) is 0 Å². The number of Topliss-reactive ketones (excluding diaryl/α,β-unsaturated/α-hetero) is 1. The standard InChI is InChI=1S/C25H35NO2/c1-18-14-15-21-22(16-18)28-24(23(27)20-12-8-5-9-13-20)26(25(21,2)3)17-19-10-6-4-7-11-19/h5,8-10,12-13,18,21-22,24H,4,6-7,11,14-17H2,1-3H3/t18-,21-,22-,24+/m1/s1. The van der Waals surface area contributed by atoms with Crippen LogP contribution in [0.3, 0.4) is 0 Å². The molecule has 2 aliphatic carbocycles. The molecule has 4 atom stereocenters. The van der Waals surface area contributed by atoms with Crippen LogP contribution in [0.5, 0.6) is 0 Å². The van der Waals surface area contributed by atoms with Crippen molar-refractivity contribution in [3.05, 3.63) is 47.5 Å². The third-order valence-electron chi connectivity index (χ3n) is 7.33. The molecule has 2 fully saturated rings. The summed E-state index contributed by atoms with van der Waals surface area (Å²) in [5.74, 6) is 1.28. The second-order valence-electron chi connectivity index (χ2n) is 9.67. The van der Waals surface area contributed by atoms with Crippen LogP contribution in [0.4, 0.5) is 0 Å². The highest BCUT2D eigenvalue weighted by molar-refractivity contribution is 5.99. The summed E-state index contributed by atoms with van der Waals surface area (Å²) in [4.78, 5) is 15.9. The van der Waals surface area contributed by atoms with E-state index in [-0.39, 0.29) is 17.4 Å². The van der Waals surface area contributed by atoms with E-state index < -0.39 is 6.23 Å². The number of benzene rings is 1. The van der Waals surface area contributed by atoms with Crippen LogP contribution >= 0.6 is 0 Å². The number of allylic oxidation sites excluding steroid dienone is 1. The molecule has 28 heavy (non-hydrogen) atoms. The zero-order valence-corrected chi connectivity index (χ0v) is 17.7. The zero-order valence-electron chi connectivity index (χ0n) is 17.7. The largest absolute Gasteiger partial charge is 0.352 e. The molecule has 0 unspecified atom stereocenters. The Morgan fingerprint density at radius 1 is 1.18 bits per heavy atom. The Labute approximate surface area is 170 Å². The van der Waals surface area contributed by atoms with Gasteiger partial charge >= 0.3 is 0 Å². The molecule has 1 aliphatic heterocycles. The predicted octanol–water partition coefficient (Wildman–Crippen LogP) is 5.61. The van der Waals surface area contributed by atoms with Crippen molar-refractivity contribution in [2.24, 2.45) is 11.8 Å². The number of hydrogen-bond donors (Lipinski definition) is 0. The molecule has 3 heteroatoms. The molecule has 1 heterocycles. The summed E-state index contributed by atoms with van der Waals surface area (Å²) in [6.45, 7) is 7.87. The fourth-order valence-electron chi connectivity index (χ4n) is 5.54. The highest BCUT2D eigenvalue weighted by Crippen LogP contribution is 2.46. The number of hydrogen-bond acceptors (Lipinski definition) is 3. The van der Waals surface area contributed by atoms with Gasteiger partial charge in [0, 0.05) is 23.6 Å². The van der Waals surface area contributed by atoms with Crippen molar-refractivity contribution in [1.82, 2.24) is 4.90 Å². The highest BCUT2D eigenvalue weighted by atomic mass is 16.5. The molecule has 1 saturated heterocycles. The number of carbonyl (C=O) groups is 1. The van der Waals surface area contributed by atoms with Gasteiger partial charge in [-0.15, -0.1) is 0 Å². The molecule has 1 aromatic carbocycles. The summed E-state index contributed by atoms with van der Waals surface area (Å²) < 4.78 is 6.62. The molecule has 1 aromatic rings. The molecule has 0 bridgehead atoms. The molecule has 0 radical (unpaired) electrons. The second-order valence-corrected chi connectivity index (χ2v) is 9.67. The number of fused-ring (bicyclic) bond motifs is 1. The second kappa shape index (κ2) is 8.12. The number of ether oxygens (including phenoxy) is 1. The van der Waals surface area contributed by atoms with E-state index in [0.717, 1.165) is 24.9 Å². The van der Waals surface area contributed by atoms with Crippen LogP contribution in [-0.2, 0) is 4.74 Å². The van der Waals surface area contributed by atoms with E-state index in [1.807, 2.05) is 30.3 Å². The molecule has 0 aromatic heterocycles. The summed E-state index contributed by atoms with van der Waals surface area (Å²) in [6.07, 6.45) is 10.5. The normalized spacial score (nSPS) is 33.0. The van der Waals surface area contributed by atoms with Crippen molar-refractivity contribution in [3.8, 4) is 0 Å². The smallest absolute Gasteiger partial charge is 0.206 e. The number of nitrogens with zero attached hydrogens (tertiary/aromatic N) is 1. The van der Waals surface area contributed by atoms with Gasteiger partial charge in [-0.2, -0.15) is 0 Å². The summed E-state index contributed by atoms with van der Waals surface area (Å²) in [5.41, 5.74) is 2.20. The first-order chi connectivity index (χ1) is 13.5. The first-order valence-corrected chi connectivity index (χ1v) is 11.2. The van der Waals surface area contributed by atoms with Crippen molar-refractivity contribution >= 4 is 5.78 Å². The Hall–Kier alpha value is -1.45. The van der Waals surface area contributed by atoms with Crippen LogP contribution in [-0.4, -0.2) is 35.1 Å². The lowest BCUT2D eigenvalue weighted by molar-refractivity contribution is -0.211. The Morgan fingerprint density at radius 2 is 1.96 bits per heavy atom. The van der Waals surface area contributed by atoms with E-state index in [0.29, 0.717) is 11.8 Å². The summed E-state index contributed by atoms with van der Waals surface area (Å²) in [7, 11) is 0. The number of ketones is 1. The van der Waals surface area contributed by atoms with Crippen LogP contribution in [0.1, 0.15) is 76.1 Å². The van der Waals surface area contributed by atoms with E-state index in [2.05, 4.69) is 31.7 Å². The van der Waals surface area contributed by atoms with Gasteiger partial charge in [0.15, 0.2) is 6.23 Å².